The van der Waals surface area contributed by atoms with Crippen molar-refractivity contribution in [3.8, 4) is 0 Å². The lowest BCUT2D eigenvalue weighted by molar-refractivity contribution is -0.137. The Balaban J connectivity index is 1.41. The first-order valence-corrected chi connectivity index (χ1v) is 10.5. The number of alkyl halides is 3. The number of carbonyl (C=O) groups is 2. The number of anilines is 1. The first kappa shape index (κ1) is 22.8. The van der Waals surface area contributed by atoms with Crippen molar-refractivity contribution in [1.29, 1.82) is 0 Å². The van der Waals surface area contributed by atoms with Crippen molar-refractivity contribution in [2.24, 2.45) is 5.92 Å². The van der Waals surface area contributed by atoms with Gasteiger partial charge in [0.15, 0.2) is 0 Å². The van der Waals surface area contributed by atoms with Crippen molar-refractivity contribution >= 4 is 17.5 Å². The Morgan fingerprint density at radius 3 is 2.55 bits per heavy atom. The number of halogens is 3. The van der Waals surface area contributed by atoms with Gasteiger partial charge in [-0.2, -0.15) is 13.2 Å². The Kier molecular flexibility index (Phi) is 7.65. The van der Waals surface area contributed by atoms with Gasteiger partial charge in [0, 0.05) is 43.5 Å². The molecule has 2 heterocycles. The minimum Gasteiger partial charge on any atom is -0.342 e. The van der Waals surface area contributed by atoms with Crippen molar-refractivity contribution in [2.75, 3.05) is 18.4 Å². The summed E-state index contributed by atoms with van der Waals surface area (Å²) in [5.41, 5.74) is 0.484. The fraction of sp³-hybridized carbons (Fsp3) is 0.435. The zero-order valence-electron chi connectivity index (χ0n) is 17.2. The van der Waals surface area contributed by atoms with Gasteiger partial charge in [-0.05, 0) is 68.0 Å². The molecule has 0 spiro atoms. The lowest BCUT2D eigenvalue weighted by Gasteiger charge is -2.33. The molecule has 1 atom stereocenters. The number of amides is 2. The van der Waals surface area contributed by atoms with E-state index in [1.165, 1.54) is 12.1 Å². The third kappa shape index (κ3) is 7.08. The summed E-state index contributed by atoms with van der Waals surface area (Å²) in [6.45, 7) is 1.36. The van der Waals surface area contributed by atoms with Gasteiger partial charge in [-0.15, -0.1) is 0 Å². The van der Waals surface area contributed by atoms with Gasteiger partial charge in [0.05, 0.1) is 5.56 Å². The van der Waals surface area contributed by atoms with E-state index in [2.05, 4.69) is 10.3 Å². The monoisotopic (exact) mass is 433 g/mol. The van der Waals surface area contributed by atoms with Crippen LogP contribution < -0.4 is 5.32 Å². The molecule has 1 saturated heterocycles. The summed E-state index contributed by atoms with van der Waals surface area (Å²) in [5.74, 6) is 0.105. The number of aromatic nitrogens is 1. The zero-order chi connectivity index (χ0) is 22.3. The van der Waals surface area contributed by atoms with E-state index < -0.39 is 11.7 Å². The Hall–Kier alpha value is -2.90. The molecule has 2 aromatic rings. The molecule has 0 bridgehead atoms. The lowest BCUT2D eigenvalue weighted by atomic mass is 9.93. The molecule has 0 aliphatic carbocycles. The van der Waals surface area contributed by atoms with Gasteiger partial charge in [0.2, 0.25) is 11.8 Å². The summed E-state index contributed by atoms with van der Waals surface area (Å²) < 4.78 is 37.8. The average molecular weight is 433 g/mol. The fourth-order valence-electron chi connectivity index (χ4n) is 3.77. The van der Waals surface area contributed by atoms with Crippen LogP contribution in [0.25, 0.3) is 0 Å². The van der Waals surface area contributed by atoms with Crippen LogP contribution in [-0.2, 0) is 22.2 Å². The summed E-state index contributed by atoms with van der Waals surface area (Å²) in [6, 6.07) is 10.1. The van der Waals surface area contributed by atoms with Crippen LogP contribution in [0, 0.1) is 5.92 Å². The van der Waals surface area contributed by atoms with Gasteiger partial charge < -0.3 is 10.2 Å². The molecule has 8 heteroatoms. The van der Waals surface area contributed by atoms with E-state index in [1.807, 2.05) is 23.1 Å². The molecule has 1 aliphatic rings. The van der Waals surface area contributed by atoms with Crippen LogP contribution in [0.1, 0.15) is 43.4 Å². The largest absolute Gasteiger partial charge is 0.416 e. The molecule has 1 aromatic carbocycles. The highest BCUT2D eigenvalue weighted by Crippen LogP contribution is 2.30. The van der Waals surface area contributed by atoms with Crippen molar-refractivity contribution in [2.45, 2.75) is 44.7 Å². The summed E-state index contributed by atoms with van der Waals surface area (Å²) in [5, 5.41) is 2.64. The number of carbonyl (C=O) groups excluding carboxylic acids is 2. The molecule has 1 fully saturated rings. The number of aryl methyl sites for hydroxylation is 1. The average Bonchev–Trinajstić information content (AvgIpc) is 2.77. The maximum Gasteiger partial charge on any atom is 0.416 e. The fourth-order valence-corrected chi connectivity index (χ4v) is 3.77. The van der Waals surface area contributed by atoms with Crippen LogP contribution in [0.3, 0.4) is 0 Å². The van der Waals surface area contributed by atoms with Crippen LogP contribution in [0.2, 0.25) is 0 Å². The quantitative estimate of drug-likeness (QED) is 0.689. The summed E-state index contributed by atoms with van der Waals surface area (Å²) in [4.78, 5) is 30.8. The second-order valence-corrected chi connectivity index (χ2v) is 7.83. The van der Waals surface area contributed by atoms with E-state index in [0.29, 0.717) is 31.5 Å². The topological polar surface area (TPSA) is 62.3 Å². The van der Waals surface area contributed by atoms with Crippen molar-refractivity contribution < 1.29 is 22.8 Å². The SMILES string of the molecule is O=C(CCC1CCCN(C(=O)CCc2ccccn2)C1)Nc1ccc(C(F)(F)F)cc1. The third-order valence-electron chi connectivity index (χ3n) is 5.47. The summed E-state index contributed by atoms with van der Waals surface area (Å²) >= 11 is 0. The van der Waals surface area contributed by atoms with Crippen molar-refractivity contribution in [3.63, 3.8) is 0 Å². The first-order valence-electron chi connectivity index (χ1n) is 10.5. The molecule has 1 N–H and O–H groups in total. The summed E-state index contributed by atoms with van der Waals surface area (Å²) in [7, 11) is 0. The molecule has 5 nitrogen and oxygen atoms in total. The van der Waals surface area contributed by atoms with Gasteiger partial charge in [0.1, 0.15) is 0 Å². The van der Waals surface area contributed by atoms with E-state index in [0.717, 1.165) is 37.2 Å². The van der Waals surface area contributed by atoms with E-state index in [-0.39, 0.29) is 24.2 Å². The van der Waals surface area contributed by atoms with Crippen LogP contribution in [-0.4, -0.2) is 34.8 Å². The third-order valence-corrected chi connectivity index (χ3v) is 5.47. The van der Waals surface area contributed by atoms with Gasteiger partial charge in [-0.3, -0.25) is 14.6 Å². The molecule has 1 unspecified atom stereocenters. The Labute approximate surface area is 179 Å². The molecule has 2 amide bonds. The second-order valence-electron chi connectivity index (χ2n) is 7.83. The molecule has 1 aromatic heterocycles. The predicted molar refractivity (Wildman–Crippen MR) is 111 cm³/mol. The molecule has 0 radical (unpaired) electrons. The predicted octanol–water partition coefficient (Wildman–Crippen LogP) is 4.69. The molecule has 31 heavy (non-hydrogen) atoms. The zero-order valence-corrected chi connectivity index (χ0v) is 17.2. The first-order chi connectivity index (χ1) is 14.8. The molecular weight excluding hydrogens is 407 g/mol. The lowest BCUT2D eigenvalue weighted by Crippen LogP contribution is -2.40. The standard InChI is InChI=1S/C23H26F3N3O2/c24-23(25,26)18-7-9-20(10-8-18)28-21(30)12-6-17-4-3-15-29(16-17)22(31)13-11-19-5-1-2-14-27-19/h1-2,5,7-10,14,17H,3-4,6,11-13,15-16H2,(H,28,30). The highest BCUT2D eigenvalue weighted by Gasteiger charge is 2.30. The highest BCUT2D eigenvalue weighted by molar-refractivity contribution is 5.90. The number of likely N-dealkylation sites (tertiary alicyclic amines) is 1. The van der Waals surface area contributed by atoms with E-state index in [1.54, 1.807) is 6.20 Å². The van der Waals surface area contributed by atoms with Crippen molar-refractivity contribution in [3.05, 3.63) is 59.9 Å². The summed E-state index contributed by atoms with van der Waals surface area (Å²) in [6.07, 6.45) is 1.10. The van der Waals surface area contributed by atoms with Gasteiger partial charge in [-0.1, -0.05) is 6.07 Å². The maximum atomic E-state index is 12.6. The number of piperidine rings is 1. The van der Waals surface area contributed by atoms with Crippen molar-refractivity contribution in [1.82, 2.24) is 9.88 Å². The molecule has 0 saturated carbocycles. The second kappa shape index (κ2) is 10.4. The van der Waals surface area contributed by atoms with Gasteiger partial charge >= 0.3 is 6.18 Å². The van der Waals surface area contributed by atoms with Crippen LogP contribution in [0.4, 0.5) is 18.9 Å². The normalized spacial score (nSPS) is 16.7. The van der Waals surface area contributed by atoms with E-state index >= 15 is 0 Å². The Morgan fingerprint density at radius 1 is 1.10 bits per heavy atom. The van der Waals surface area contributed by atoms with Crippen LogP contribution >= 0.6 is 0 Å². The molecule has 166 valence electrons. The molecule has 3 rings (SSSR count). The van der Waals surface area contributed by atoms with E-state index in [4.69, 9.17) is 0 Å². The Bertz CT molecular complexity index is 870. The van der Waals surface area contributed by atoms with Gasteiger partial charge in [0.25, 0.3) is 0 Å². The molecule has 1 aliphatic heterocycles. The van der Waals surface area contributed by atoms with Crippen LogP contribution in [0.5, 0.6) is 0 Å². The number of nitrogens with zero attached hydrogens (tertiary/aromatic N) is 2. The minimum atomic E-state index is -4.40. The molecular formula is C23H26F3N3O2. The highest BCUT2D eigenvalue weighted by atomic mass is 19.4. The number of benzene rings is 1. The van der Waals surface area contributed by atoms with Gasteiger partial charge in [-0.25, -0.2) is 0 Å². The Morgan fingerprint density at radius 2 is 1.87 bits per heavy atom. The number of nitrogens with one attached hydrogen (secondary N) is 1. The number of pyridine rings is 1. The smallest absolute Gasteiger partial charge is 0.342 e. The maximum absolute atomic E-state index is 12.6. The number of hydrogen-bond acceptors (Lipinski definition) is 3. The number of hydrogen-bond donors (Lipinski definition) is 1. The number of rotatable bonds is 7. The van der Waals surface area contributed by atoms with Crippen LogP contribution in [0.15, 0.2) is 48.7 Å². The van der Waals surface area contributed by atoms with E-state index in [9.17, 15) is 22.8 Å². The minimum absolute atomic E-state index is 0.101.